The van der Waals surface area contributed by atoms with Gasteiger partial charge in [0.25, 0.3) is 0 Å². The molecular formula is C24H48O6. The van der Waals surface area contributed by atoms with Crippen LogP contribution in [0, 0.1) is 0 Å². The first-order chi connectivity index (χ1) is 14.8. The van der Waals surface area contributed by atoms with Crippen molar-refractivity contribution in [2.45, 2.75) is 90.9 Å². The summed E-state index contributed by atoms with van der Waals surface area (Å²) in [7, 11) is 0. The molecule has 0 atom stereocenters. The first-order valence-electron chi connectivity index (χ1n) is 12.3. The van der Waals surface area contributed by atoms with E-state index < -0.39 is 0 Å². The van der Waals surface area contributed by atoms with E-state index in [2.05, 4.69) is 13.8 Å². The summed E-state index contributed by atoms with van der Waals surface area (Å²) in [4.78, 5) is 11.5. The van der Waals surface area contributed by atoms with Crippen LogP contribution in [0.1, 0.15) is 90.9 Å². The van der Waals surface area contributed by atoms with Gasteiger partial charge in [-0.3, -0.25) is 4.79 Å². The fourth-order valence-corrected chi connectivity index (χ4v) is 2.85. The molecule has 0 aromatic carbocycles. The summed E-state index contributed by atoms with van der Waals surface area (Å²) in [6.45, 7) is 9.78. The lowest BCUT2D eigenvalue weighted by molar-refractivity contribution is -0.144. The first kappa shape index (κ1) is 29.3. The third-order valence-electron chi connectivity index (χ3n) is 4.69. The Morgan fingerprint density at radius 1 is 0.467 bits per heavy atom. The summed E-state index contributed by atoms with van der Waals surface area (Å²) in [5.74, 6) is -0.130. The molecule has 0 aliphatic rings. The second-order valence-corrected chi connectivity index (χ2v) is 7.60. The van der Waals surface area contributed by atoms with E-state index in [0.29, 0.717) is 65.7 Å². The summed E-state index contributed by atoms with van der Waals surface area (Å²) < 4.78 is 27.1. The molecule has 0 N–H and O–H groups in total. The SMILES string of the molecule is CCCCCCCCCOCCOCCOCCOCCCC(=O)OCCCCC. The highest BCUT2D eigenvalue weighted by Gasteiger charge is 2.02. The van der Waals surface area contributed by atoms with Crippen LogP contribution < -0.4 is 0 Å². The number of esters is 1. The zero-order valence-corrected chi connectivity index (χ0v) is 19.8. The van der Waals surface area contributed by atoms with Crippen LogP contribution in [0.2, 0.25) is 0 Å². The Hall–Kier alpha value is -0.690. The minimum Gasteiger partial charge on any atom is -0.466 e. The molecule has 0 rings (SSSR count). The van der Waals surface area contributed by atoms with Gasteiger partial charge in [0.15, 0.2) is 0 Å². The molecule has 180 valence electrons. The summed E-state index contributed by atoms with van der Waals surface area (Å²) in [5.41, 5.74) is 0. The van der Waals surface area contributed by atoms with Gasteiger partial charge in [-0.15, -0.1) is 0 Å². The molecule has 0 aliphatic carbocycles. The van der Waals surface area contributed by atoms with Gasteiger partial charge in [-0.2, -0.15) is 0 Å². The zero-order valence-electron chi connectivity index (χ0n) is 19.8. The Balaban J connectivity index is 3.07. The fraction of sp³-hybridized carbons (Fsp3) is 0.958. The minimum atomic E-state index is -0.130. The van der Waals surface area contributed by atoms with Crippen LogP contribution in [0.15, 0.2) is 0 Å². The number of ether oxygens (including phenoxy) is 5. The van der Waals surface area contributed by atoms with Gasteiger partial charge < -0.3 is 23.7 Å². The maximum absolute atomic E-state index is 11.5. The first-order valence-corrected chi connectivity index (χ1v) is 12.3. The summed E-state index contributed by atoms with van der Waals surface area (Å²) in [5, 5.41) is 0. The van der Waals surface area contributed by atoms with Gasteiger partial charge in [-0.1, -0.05) is 65.2 Å². The smallest absolute Gasteiger partial charge is 0.305 e. The lowest BCUT2D eigenvalue weighted by atomic mass is 10.1. The molecule has 0 aromatic rings. The van der Waals surface area contributed by atoms with Crippen LogP contribution in [0.25, 0.3) is 0 Å². The molecule has 0 aliphatic heterocycles. The zero-order chi connectivity index (χ0) is 22.0. The van der Waals surface area contributed by atoms with Crippen LogP contribution in [-0.4, -0.2) is 65.4 Å². The Kier molecular flexibility index (Phi) is 25.7. The molecule has 0 radical (unpaired) electrons. The molecule has 30 heavy (non-hydrogen) atoms. The van der Waals surface area contributed by atoms with Gasteiger partial charge in [-0.05, 0) is 19.3 Å². The van der Waals surface area contributed by atoms with Crippen molar-refractivity contribution in [3.63, 3.8) is 0 Å². The van der Waals surface area contributed by atoms with Gasteiger partial charge in [0.1, 0.15) is 0 Å². The standard InChI is InChI=1S/C24H48O6/c1-3-5-7-8-9-10-12-15-26-18-20-28-22-23-29-21-19-27-16-13-14-24(25)30-17-11-6-4-2/h3-23H2,1-2H3. The summed E-state index contributed by atoms with van der Waals surface area (Å²) in [6, 6.07) is 0. The second-order valence-electron chi connectivity index (χ2n) is 7.60. The largest absolute Gasteiger partial charge is 0.466 e. The molecule has 0 saturated carbocycles. The molecule has 0 heterocycles. The number of unbranched alkanes of at least 4 members (excludes halogenated alkanes) is 8. The van der Waals surface area contributed by atoms with Gasteiger partial charge in [0.05, 0.1) is 46.2 Å². The molecule has 6 heteroatoms. The number of hydrogen-bond donors (Lipinski definition) is 0. The molecule has 0 aromatic heterocycles. The molecule has 0 saturated heterocycles. The molecule has 0 amide bonds. The fourth-order valence-electron chi connectivity index (χ4n) is 2.85. The van der Waals surface area contributed by atoms with E-state index in [4.69, 9.17) is 23.7 Å². The van der Waals surface area contributed by atoms with E-state index in [1.807, 2.05) is 0 Å². The Morgan fingerprint density at radius 2 is 0.867 bits per heavy atom. The van der Waals surface area contributed by atoms with Crippen molar-refractivity contribution in [2.24, 2.45) is 0 Å². The van der Waals surface area contributed by atoms with Gasteiger partial charge in [0.2, 0.25) is 0 Å². The van der Waals surface area contributed by atoms with Crippen LogP contribution in [0.5, 0.6) is 0 Å². The van der Waals surface area contributed by atoms with Gasteiger partial charge >= 0.3 is 5.97 Å². The average molecular weight is 433 g/mol. The van der Waals surface area contributed by atoms with Crippen LogP contribution in [0.3, 0.4) is 0 Å². The van der Waals surface area contributed by atoms with Crippen LogP contribution in [0.4, 0.5) is 0 Å². The van der Waals surface area contributed by atoms with Gasteiger partial charge in [-0.25, -0.2) is 0 Å². The number of carbonyl (C=O) groups is 1. The Bertz CT molecular complexity index is 338. The minimum absolute atomic E-state index is 0.130. The highest BCUT2D eigenvalue weighted by molar-refractivity contribution is 5.69. The third-order valence-corrected chi connectivity index (χ3v) is 4.69. The van der Waals surface area contributed by atoms with Crippen LogP contribution >= 0.6 is 0 Å². The van der Waals surface area contributed by atoms with E-state index in [9.17, 15) is 4.79 Å². The van der Waals surface area contributed by atoms with Crippen molar-refractivity contribution in [1.82, 2.24) is 0 Å². The van der Waals surface area contributed by atoms with Gasteiger partial charge in [0, 0.05) is 19.6 Å². The molecule has 0 fully saturated rings. The highest BCUT2D eigenvalue weighted by Crippen LogP contribution is 2.06. The lowest BCUT2D eigenvalue weighted by Gasteiger charge is -2.08. The predicted octanol–water partition coefficient (Wildman–Crippen LogP) is 5.32. The normalized spacial score (nSPS) is 11.1. The van der Waals surface area contributed by atoms with Crippen molar-refractivity contribution in [3.05, 3.63) is 0 Å². The topological polar surface area (TPSA) is 63.2 Å². The van der Waals surface area contributed by atoms with Crippen molar-refractivity contribution in [3.8, 4) is 0 Å². The molecule has 0 bridgehead atoms. The second kappa shape index (κ2) is 26.3. The Morgan fingerprint density at radius 3 is 1.43 bits per heavy atom. The average Bonchev–Trinajstić information content (AvgIpc) is 2.75. The molecule has 6 nitrogen and oxygen atoms in total. The van der Waals surface area contributed by atoms with Crippen molar-refractivity contribution in [1.29, 1.82) is 0 Å². The van der Waals surface area contributed by atoms with Crippen molar-refractivity contribution >= 4 is 5.97 Å². The predicted molar refractivity (Wildman–Crippen MR) is 121 cm³/mol. The summed E-state index contributed by atoms with van der Waals surface area (Å²) in [6.07, 6.45) is 13.4. The maximum atomic E-state index is 11.5. The van der Waals surface area contributed by atoms with Crippen molar-refractivity contribution in [2.75, 3.05) is 59.5 Å². The van der Waals surface area contributed by atoms with E-state index >= 15 is 0 Å². The maximum Gasteiger partial charge on any atom is 0.305 e. The molecular weight excluding hydrogens is 384 g/mol. The van der Waals surface area contributed by atoms with Crippen LogP contribution in [-0.2, 0) is 28.5 Å². The lowest BCUT2D eigenvalue weighted by Crippen LogP contribution is -2.12. The van der Waals surface area contributed by atoms with E-state index in [1.54, 1.807) is 0 Å². The third kappa shape index (κ3) is 25.3. The quantitative estimate of drug-likeness (QED) is 0.144. The monoisotopic (exact) mass is 432 g/mol. The molecule has 0 spiro atoms. The number of carbonyl (C=O) groups excluding carboxylic acids is 1. The summed E-state index contributed by atoms with van der Waals surface area (Å²) >= 11 is 0. The molecule has 0 unspecified atom stereocenters. The highest BCUT2D eigenvalue weighted by atomic mass is 16.6. The van der Waals surface area contributed by atoms with E-state index in [0.717, 1.165) is 32.3 Å². The van der Waals surface area contributed by atoms with E-state index in [1.165, 1.54) is 38.5 Å². The number of rotatable bonds is 25. The Labute approximate surface area is 185 Å². The number of hydrogen-bond acceptors (Lipinski definition) is 6. The van der Waals surface area contributed by atoms with E-state index in [-0.39, 0.29) is 5.97 Å². The van der Waals surface area contributed by atoms with Crippen molar-refractivity contribution < 1.29 is 28.5 Å².